The monoisotopic (exact) mass is 245 g/mol. The van der Waals surface area contributed by atoms with Gasteiger partial charge in [-0.25, -0.2) is 0 Å². The second kappa shape index (κ2) is 4.53. The van der Waals surface area contributed by atoms with Crippen molar-refractivity contribution in [3.63, 3.8) is 0 Å². The van der Waals surface area contributed by atoms with E-state index in [4.69, 9.17) is 11.6 Å². The zero-order valence-corrected chi connectivity index (χ0v) is 8.82. The van der Waals surface area contributed by atoms with Crippen LogP contribution in [0.4, 0.5) is 5.69 Å². The summed E-state index contributed by atoms with van der Waals surface area (Å²) in [7, 11) is 0. The maximum absolute atomic E-state index is 5.60. The molecule has 0 unspecified atom stereocenters. The minimum Gasteiger partial charge on any atom is -0.380 e. The topological polar surface area (TPSA) is 12.0 Å². The van der Waals surface area contributed by atoms with Crippen LogP contribution < -0.4 is 5.32 Å². The van der Waals surface area contributed by atoms with Gasteiger partial charge in [-0.2, -0.15) is 0 Å². The first-order chi connectivity index (χ1) is 5.68. The summed E-state index contributed by atoms with van der Waals surface area (Å²) in [5, 5.41) is 3.73. The standard InChI is InChI=1S/C9H9BrClN/c1-7(11)6-12-9-4-2-3-8(10)5-9/h2-5,12H,1,6H2. The van der Waals surface area contributed by atoms with Crippen molar-refractivity contribution in [3.8, 4) is 0 Å². The van der Waals surface area contributed by atoms with Gasteiger partial charge in [0.05, 0.1) is 6.54 Å². The van der Waals surface area contributed by atoms with Gasteiger partial charge in [-0.05, 0) is 18.2 Å². The van der Waals surface area contributed by atoms with Gasteiger partial charge in [-0.15, -0.1) is 0 Å². The average Bonchev–Trinajstić information content (AvgIpc) is 2.01. The summed E-state index contributed by atoms with van der Waals surface area (Å²) in [6, 6.07) is 7.90. The second-order valence-electron chi connectivity index (χ2n) is 2.38. The third-order valence-electron chi connectivity index (χ3n) is 1.31. The molecule has 0 aliphatic rings. The van der Waals surface area contributed by atoms with Crippen LogP contribution in [-0.4, -0.2) is 6.54 Å². The van der Waals surface area contributed by atoms with Crippen LogP contribution in [0.1, 0.15) is 0 Å². The molecular weight excluding hydrogens is 237 g/mol. The molecule has 0 heterocycles. The predicted octanol–water partition coefficient (Wildman–Crippen LogP) is 3.61. The van der Waals surface area contributed by atoms with Gasteiger partial charge in [-0.3, -0.25) is 0 Å². The van der Waals surface area contributed by atoms with Crippen molar-refractivity contribution in [2.24, 2.45) is 0 Å². The number of anilines is 1. The first kappa shape index (κ1) is 9.62. The van der Waals surface area contributed by atoms with Crippen LogP contribution >= 0.6 is 27.5 Å². The van der Waals surface area contributed by atoms with Crippen molar-refractivity contribution >= 4 is 33.2 Å². The van der Waals surface area contributed by atoms with Gasteiger partial charge in [0.1, 0.15) is 0 Å². The normalized spacial score (nSPS) is 9.50. The van der Waals surface area contributed by atoms with Gasteiger partial charge in [0, 0.05) is 15.2 Å². The highest BCUT2D eigenvalue weighted by molar-refractivity contribution is 9.10. The smallest absolute Gasteiger partial charge is 0.0501 e. The third-order valence-corrected chi connectivity index (χ3v) is 1.94. The molecule has 0 amide bonds. The maximum atomic E-state index is 5.60. The Labute approximate surface area is 85.6 Å². The highest BCUT2D eigenvalue weighted by Crippen LogP contribution is 2.15. The molecule has 0 aliphatic carbocycles. The van der Waals surface area contributed by atoms with Crippen molar-refractivity contribution in [1.29, 1.82) is 0 Å². The van der Waals surface area contributed by atoms with Crippen LogP contribution in [0.25, 0.3) is 0 Å². The molecule has 0 aliphatic heterocycles. The molecule has 0 spiro atoms. The molecule has 1 aromatic rings. The SMILES string of the molecule is C=C(Cl)CNc1cccc(Br)c1. The molecule has 64 valence electrons. The Kier molecular flexibility index (Phi) is 3.63. The third kappa shape index (κ3) is 3.28. The Morgan fingerprint density at radius 3 is 2.92 bits per heavy atom. The van der Waals surface area contributed by atoms with E-state index in [0.717, 1.165) is 10.2 Å². The lowest BCUT2D eigenvalue weighted by molar-refractivity contribution is 1.31. The molecule has 0 saturated heterocycles. The molecular formula is C9H9BrClN. The molecule has 0 aromatic heterocycles. The first-order valence-corrected chi connectivity index (χ1v) is 4.68. The van der Waals surface area contributed by atoms with Crippen molar-refractivity contribution in [2.45, 2.75) is 0 Å². The summed E-state index contributed by atoms with van der Waals surface area (Å²) in [6.45, 7) is 4.18. The summed E-state index contributed by atoms with van der Waals surface area (Å²) in [4.78, 5) is 0. The molecule has 1 rings (SSSR count). The first-order valence-electron chi connectivity index (χ1n) is 3.51. The van der Waals surface area contributed by atoms with E-state index in [1.807, 2.05) is 24.3 Å². The minimum absolute atomic E-state index is 0.595. The zero-order chi connectivity index (χ0) is 8.97. The fraction of sp³-hybridized carbons (Fsp3) is 0.111. The summed E-state index contributed by atoms with van der Waals surface area (Å²) >= 11 is 8.97. The molecule has 0 saturated carbocycles. The molecule has 3 heteroatoms. The van der Waals surface area contributed by atoms with E-state index in [1.165, 1.54) is 0 Å². The van der Waals surface area contributed by atoms with Gasteiger partial charge < -0.3 is 5.32 Å². The molecule has 1 aromatic carbocycles. The molecule has 0 radical (unpaired) electrons. The largest absolute Gasteiger partial charge is 0.380 e. The molecule has 1 nitrogen and oxygen atoms in total. The molecule has 0 atom stereocenters. The van der Waals surface area contributed by atoms with E-state index < -0.39 is 0 Å². The molecule has 12 heavy (non-hydrogen) atoms. The molecule has 0 bridgehead atoms. The van der Waals surface area contributed by atoms with Gasteiger partial charge in [-0.1, -0.05) is 40.2 Å². The lowest BCUT2D eigenvalue weighted by atomic mass is 10.3. The predicted molar refractivity (Wildman–Crippen MR) is 57.6 cm³/mol. The van der Waals surface area contributed by atoms with Crippen LogP contribution in [-0.2, 0) is 0 Å². The Balaban J connectivity index is 2.57. The maximum Gasteiger partial charge on any atom is 0.0501 e. The van der Waals surface area contributed by atoms with Gasteiger partial charge in [0.2, 0.25) is 0 Å². The number of benzene rings is 1. The van der Waals surface area contributed by atoms with Crippen molar-refractivity contribution in [2.75, 3.05) is 11.9 Å². The number of hydrogen-bond donors (Lipinski definition) is 1. The summed E-state index contributed by atoms with van der Waals surface area (Å²) in [5.74, 6) is 0. The highest BCUT2D eigenvalue weighted by atomic mass is 79.9. The number of hydrogen-bond acceptors (Lipinski definition) is 1. The van der Waals surface area contributed by atoms with Crippen molar-refractivity contribution in [1.82, 2.24) is 0 Å². The lowest BCUT2D eigenvalue weighted by Crippen LogP contribution is -1.99. The quantitative estimate of drug-likeness (QED) is 0.859. The van der Waals surface area contributed by atoms with Crippen LogP contribution in [0.3, 0.4) is 0 Å². The minimum atomic E-state index is 0.595. The van der Waals surface area contributed by atoms with E-state index in [-0.39, 0.29) is 0 Å². The van der Waals surface area contributed by atoms with Gasteiger partial charge >= 0.3 is 0 Å². The number of rotatable bonds is 3. The van der Waals surface area contributed by atoms with E-state index in [9.17, 15) is 0 Å². The Bertz CT molecular complexity index is 286. The lowest BCUT2D eigenvalue weighted by Gasteiger charge is -2.04. The average molecular weight is 247 g/mol. The van der Waals surface area contributed by atoms with Crippen molar-refractivity contribution in [3.05, 3.63) is 40.3 Å². The van der Waals surface area contributed by atoms with Crippen LogP contribution in [0.2, 0.25) is 0 Å². The summed E-state index contributed by atoms with van der Waals surface area (Å²) in [5.41, 5.74) is 1.03. The molecule has 0 fully saturated rings. The highest BCUT2D eigenvalue weighted by Gasteiger charge is 1.92. The Hall–Kier alpha value is -0.470. The van der Waals surface area contributed by atoms with Gasteiger partial charge in [0.25, 0.3) is 0 Å². The van der Waals surface area contributed by atoms with Gasteiger partial charge in [0.15, 0.2) is 0 Å². The van der Waals surface area contributed by atoms with E-state index in [0.29, 0.717) is 11.6 Å². The zero-order valence-electron chi connectivity index (χ0n) is 6.48. The summed E-state index contributed by atoms with van der Waals surface area (Å²) < 4.78 is 1.05. The summed E-state index contributed by atoms with van der Waals surface area (Å²) in [6.07, 6.45) is 0. The van der Waals surface area contributed by atoms with E-state index in [1.54, 1.807) is 0 Å². The van der Waals surface area contributed by atoms with Crippen LogP contribution in [0, 0.1) is 0 Å². The number of nitrogens with one attached hydrogen (secondary N) is 1. The van der Waals surface area contributed by atoms with Crippen LogP contribution in [0.5, 0.6) is 0 Å². The number of halogens is 2. The van der Waals surface area contributed by atoms with Crippen LogP contribution in [0.15, 0.2) is 40.3 Å². The Morgan fingerprint density at radius 2 is 2.33 bits per heavy atom. The fourth-order valence-electron chi connectivity index (χ4n) is 0.796. The Morgan fingerprint density at radius 1 is 1.58 bits per heavy atom. The van der Waals surface area contributed by atoms with Crippen molar-refractivity contribution < 1.29 is 0 Å². The molecule has 1 N–H and O–H groups in total. The van der Waals surface area contributed by atoms with E-state index in [2.05, 4.69) is 27.8 Å². The van der Waals surface area contributed by atoms with E-state index >= 15 is 0 Å². The fourth-order valence-corrected chi connectivity index (χ4v) is 1.26. The second-order valence-corrected chi connectivity index (χ2v) is 3.83.